The summed E-state index contributed by atoms with van der Waals surface area (Å²) in [6.07, 6.45) is 1.80. The van der Waals surface area contributed by atoms with Gasteiger partial charge in [-0.3, -0.25) is 4.79 Å². The Balaban J connectivity index is 3.16. The smallest absolute Gasteiger partial charge is 0.251 e. The van der Waals surface area contributed by atoms with Crippen LogP contribution in [0.3, 0.4) is 0 Å². The average Bonchev–Trinajstić information content (AvgIpc) is 1.99. The third kappa shape index (κ3) is 2.56. The average molecular weight is 242 g/mol. The highest BCUT2D eigenvalue weighted by Crippen LogP contribution is 2.12. The Morgan fingerprint density at radius 1 is 1.69 bits per heavy atom. The van der Waals surface area contributed by atoms with Gasteiger partial charge < -0.3 is 4.57 Å². The summed E-state index contributed by atoms with van der Waals surface area (Å²) in [6, 6.07) is 1.62. The number of aryl methyl sites for hydroxylation is 1. The molecule has 0 aliphatic carbocycles. The van der Waals surface area contributed by atoms with E-state index >= 15 is 0 Å². The van der Waals surface area contributed by atoms with Crippen molar-refractivity contribution in [1.29, 1.82) is 0 Å². The Morgan fingerprint density at radius 3 is 2.85 bits per heavy atom. The lowest BCUT2D eigenvalue weighted by atomic mass is 10.3. The summed E-state index contributed by atoms with van der Waals surface area (Å²) in [6.45, 7) is 8.15. The molecule has 0 unspecified atom stereocenters. The third-order valence-corrected chi connectivity index (χ3v) is 2.54. The quantitative estimate of drug-likeness (QED) is 0.730. The van der Waals surface area contributed by atoms with Gasteiger partial charge in [0.1, 0.15) is 0 Å². The van der Waals surface area contributed by atoms with E-state index in [4.69, 9.17) is 0 Å². The lowest BCUT2D eigenvalue weighted by Crippen LogP contribution is -2.19. The van der Waals surface area contributed by atoms with Gasteiger partial charge in [0.15, 0.2) is 0 Å². The Kier molecular flexibility index (Phi) is 3.09. The number of rotatable bonds is 2. The number of aromatic nitrogens is 1. The fraction of sp³-hybridized carbons (Fsp3) is 0.300. The van der Waals surface area contributed by atoms with Gasteiger partial charge in [0.05, 0.1) is 0 Å². The zero-order valence-electron chi connectivity index (χ0n) is 7.80. The van der Waals surface area contributed by atoms with Crippen molar-refractivity contribution in [2.45, 2.75) is 20.4 Å². The van der Waals surface area contributed by atoms with E-state index in [0.29, 0.717) is 6.54 Å². The fourth-order valence-corrected chi connectivity index (χ4v) is 1.42. The molecule has 0 amide bonds. The predicted molar refractivity (Wildman–Crippen MR) is 58.0 cm³/mol. The summed E-state index contributed by atoms with van der Waals surface area (Å²) in [5.74, 6) is 0. The molecular weight excluding hydrogens is 230 g/mol. The molecule has 70 valence electrons. The van der Waals surface area contributed by atoms with Crippen molar-refractivity contribution >= 4 is 15.9 Å². The highest BCUT2D eigenvalue weighted by molar-refractivity contribution is 9.10. The number of allylic oxidation sites excluding steroid dienone is 1. The van der Waals surface area contributed by atoms with Gasteiger partial charge in [-0.1, -0.05) is 12.2 Å². The van der Waals surface area contributed by atoms with E-state index in [1.807, 2.05) is 13.8 Å². The van der Waals surface area contributed by atoms with Crippen LogP contribution in [0, 0.1) is 6.92 Å². The Labute approximate surface area is 86.0 Å². The summed E-state index contributed by atoms with van der Waals surface area (Å²) < 4.78 is 2.59. The first-order valence-corrected chi connectivity index (χ1v) is 4.81. The summed E-state index contributed by atoms with van der Waals surface area (Å²) in [4.78, 5) is 11.4. The van der Waals surface area contributed by atoms with E-state index < -0.39 is 0 Å². The second kappa shape index (κ2) is 3.92. The van der Waals surface area contributed by atoms with Crippen molar-refractivity contribution in [2.75, 3.05) is 0 Å². The van der Waals surface area contributed by atoms with E-state index in [9.17, 15) is 4.79 Å². The zero-order valence-corrected chi connectivity index (χ0v) is 9.39. The summed E-state index contributed by atoms with van der Waals surface area (Å²) in [5.41, 5.74) is 1.95. The monoisotopic (exact) mass is 241 g/mol. The van der Waals surface area contributed by atoms with Crippen LogP contribution in [-0.4, -0.2) is 4.57 Å². The number of hydrogen-bond acceptors (Lipinski definition) is 1. The molecule has 2 nitrogen and oxygen atoms in total. The first kappa shape index (κ1) is 10.3. The standard InChI is InChI=1S/C10H12BrNO/c1-7(2)5-12-6-9(11)8(3)4-10(12)13/h4,6H,1,5H2,2-3H3. The van der Waals surface area contributed by atoms with Crippen LogP contribution in [0.2, 0.25) is 0 Å². The maximum Gasteiger partial charge on any atom is 0.251 e. The van der Waals surface area contributed by atoms with E-state index in [1.165, 1.54) is 0 Å². The number of pyridine rings is 1. The van der Waals surface area contributed by atoms with Crippen LogP contribution in [-0.2, 0) is 6.54 Å². The molecule has 13 heavy (non-hydrogen) atoms. The van der Waals surface area contributed by atoms with Gasteiger partial charge in [-0.05, 0) is 35.3 Å². The molecule has 1 aromatic heterocycles. The molecule has 1 rings (SSSR count). The molecule has 1 heterocycles. The minimum Gasteiger partial charge on any atom is -0.310 e. The molecule has 0 atom stereocenters. The fourth-order valence-electron chi connectivity index (χ4n) is 1.05. The predicted octanol–water partition coefficient (Wildman–Crippen LogP) is 2.50. The first-order chi connectivity index (χ1) is 6.00. The van der Waals surface area contributed by atoms with Gasteiger partial charge in [-0.15, -0.1) is 0 Å². The van der Waals surface area contributed by atoms with Crippen molar-refractivity contribution in [3.63, 3.8) is 0 Å². The Hall–Kier alpha value is -0.830. The molecule has 0 aliphatic heterocycles. The molecule has 0 saturated heterocycles. The van der Waals surface area contributed by atoms with Crippen LogP contribution in [0.4, 0.5) is 0 Å². The molecule has 0 bridgehead atoms. The van der Waals surface area contributed by atoms with Gasteiger partial charge in [-0.2, -0.15) is 0 Å². The lowest BCUT2D eigenvalue weighted by molar-refractivity contribution is 0.743. The topological polar surface area (TPSA) is 22.0 Å². The molecule has 0 saturated carbocycles. The first-order valence-electron chi connectivity index (χ1n) is 4.01. The number of nitrogens with zero attached hydrogens (tertiary/aromatic N) is 1. The van der Waals surface area contributed by atoms with Crippen LogP contribution in [0.15, 0.2) is 33.7 Å². The normalized spacial score (nSPS) is 10.1. The summed E-state index contributed by atoms with van der Waals surface area (Å²) in [7, 11) is 0. The summed E-state index contributed by atoms with van der Waals surface area (Å²) >= 11 is 3.38. The van der Waals surface area contributed by atoms with Crippen molar-refractivity contribution in [1.82, 2.24) is 4.57 Å². The van der Waals surface area contributed by atoms with Gasteiger partial charge in [0.2, 0.25) is 0 Å². The molecule has 0 radical (unpaired) electrons. The molecule has 0 aliphatic rings. The van der Waals surface area contributed by atoms with Gasteiger partial charge in [0.25, 0.3) is 5.56 Å². The van der Waals surface area contributed by atoms with Gasteiger partial charge >= 0.3 is 0 Å². The highest BCUT2D eigenvalue weighted by Gasteiger charge is 2.00. The summed E-state index contributed by atoms with van der Waals surface area (Å²) in [5, 5.41) is 0. The Morgan fingerprint density at radius 2 is 2.31 bits per heavy atom. The highest BCUT2D eigenvalue weighted by atomic mass is 79.9. The van der Waals surface area contributed by atoms with Crippen LogP contribution in [0.5, 0.6) is 0 Å². The van der Waals surface area contributed by atoms with E-state index in [2.05, 4.69) is 22.5 Å². The molecule has 1 aromatic rings. The van der Waals surface area contributed by atoms with E-state index in [1.54, 1.807) is 16.8 Å². The van der Waals surface area contributed by atoms with Crippen molar-refractivity contribution in [3.8, 4) is 0 Å². The molecule has 0 spiro atoms. The SMILES string of the molecule is C=C(C)Cn1cc(Br)c(C)cc1=O. The number of halogens is 1. The second-order valence-electron chi connectivity index (χ2n) is 3.23. The van der Waals surface area contributed by atoms with E-state index in [-0.39, 0.29) is 5.56 Å². The number of hydrogen-bond donors (Lipinski definition) is 0. The minimum absolute atomic E-state index is 0.0173. The van der Waals surface area contributed by atoms with E-state index in [0.717, 1.165) is 15.6 Å². The van der Waals surface area contributed by atoms with Crippen molar-refractivity contribution in [3.05, 3.63) is 44.8 Å². The van der Waals surface area contributed by atoms with Crippen LogP contribution in [0.25, 0.3) is 0 Å². The van der Waals surface area contributed by atoms with Crippen LogP contribution < -0.4 is 5.56 Å². The van der Waals surface area contributed by atoms with Crippen LogP contribution in [0.1, 0.15) is 12.5 Å². The third-order valence-electron chi connectivity index (χ3n) is 1.71. The molecule has 0 fully saturated rings. The molecule has 3 heteroatoms. The van der Waals surface area contributed by atoms with Crippen molar-refractivity contribution in [2.24, 2.45) is 0 Å². The van der Waals surface area contributed by atoms with Gasteiger partial charge in [-0.25, -0.2) is 0 Å². The largest absolute Gasteiger partial charge is 0.310 e. The molecule has 0 N–H and O–H groups in total. The van der Waals surface area contributed by atoms with Crippen molar-refractivity contribution < 1.29 is 0 Å². The van der Waals surface area contributed by atoms with Crippen LogP contribution >= 0.6 is 15.9 Å². The maximum absolute atomic E-state index is 11.4. The zero-order chi connectivity index (χ0) is 10.0. The Bertz CT molecular complexity index is 392. The molecule has 0 aromatic carbocycles. The maximum atomic E-state index is 11.4. The lowest BCUT2D eigenvalue weighted by Gasteiger charge is -2.06. The second-order valence-corrected chi connectivity index (χ2v) is 4.08. The molecular formula is C10H12BrNO. The minimum atomic E-state index is 0.0173. The van der Waals surface area contributed by atoms with Gasteiger partial charge in [0, 0.05) is 23.3 Å².